The lowest BCUT2D eigenvalue weighted by Gasteiger charge is -2.10. The number of carbonyl (C=O) groups is 2. The average molecular weight is 357 g/mol. The number of halogens is 3. The summed E-state index contributed by atoms with van der Waals surface area (Å²) < 4.78 is 38.0. The van der Waals surface area contributed by atoms with Gasteiger partial charge in [-0.1, -0.05) is 17.8 Å². The lowest BCUT2D eigenvalue weighted by atomic mass is 10.2. The Labute approximate surface area is 140 Å². The fourth-order valence-corrected chi connectivity index (χ4v) is 3.16. The Kier molecular flexibility index (Phi) is 4.53. The van der Waals surface area contributed by atoms with Crippen LogP contribution in [0.15, 0.2) is 29.3 Å². The highest BCUT2D eigenvalue weighted by atomic mass is 32.2. The van der Waals surface area contributed by atoms with Crippen molar-refractivity contribution in [3.05, 3.63) is 29.8 Å². The van der Waals surface area contributed by atoms with Crippen LogP contribution in [0.1, 0.15) is 24.8 Å². The van der Waals surface area contributed by atoms with E-state index in [-0.39, 0.29) is 24.1 Å². The quantitative estimate of drug-likeness (QED) is 0.871. The van der Waals surface area contributed by atoms with Crippen molar-refractivity contribution < 1.29 is 22.8 Å². The predicted octanol–water partition coefficient (Wildman–Crippen LogP) is 2.78. The molecule has 2 fully saturated rings. The predicted molar refractivity (Wildman–Crippen MR) is 84.7 cm³/mol. The molecule has 0 bridgehead atoms. The molecule has 0 spiro atoms. The number of carbonyl (C=O) groups excluding carboxylic acids is 2. The number of rotatable bonds is 4. The van der Waals surface area contributed by atoms with Gasteiger partial charge >= 0.3 is 6.18 Å². The van der Waals surface area contributed by atoms with E-state index in [0.717, 1.165) is 25.0 Å². The van der Waals surface area contributed by atoms with Crippen molar-refractivity contribution in [2.75, 3.05) is 5.32 Å². The van der Waals surface area contributed by atoms with E-state index in [1.54, 1.807) is 0 Å². The number of amides is 2. The summed E-state index contributed by atoms with van der Waals surface area (Å²) in [7, 11) is 0. The number of nitrogens with one attached hydrogen (secondary N) is 2. The zero-order valence-corrected chi connectivity index (χ0v) is 13.2. The molecule has 2 amide bonds. The number of alkyl halides is 3. The van der Waals surface area contributed by atoms with Crippen LogP contribution in [-0.4, -0.2) is 28.3 Å². The minimum absolute atomic E-state index is 0.0464. The lowest BCUT2D eigenvalue weighted by molar-refractivity contribution is -0.137. The number of hydrogen-bond donors (Lipinski definition) is 2. The number of thioether (sulfide) groups is 1. The maximum Gasteiger partial charge on any atom is 0.416 e. The summed E-state index contributed by atoms with van der Waals surface area (Å²) >= 11 is 1.18. The Morgan fingerprint density at radius 1 is 1.38 bits per heavy atom. The standard InChI is InChI=1S/C15H14F3N3O2S/c16-15(17,18)8-2-1-3-10(6-8)19-12(22)7-11-13(23)21-14(24-11)20-9-4-5-9/h1-3,6,9,11H,4-5,7H2,(H,19,22)(H,20,21,23)/t11-/m0/s1. The molecule has 2 N–H and O–H groups in total. The number of nitrogens with zero attached hydrogens (tertiary/aromatic N) is 1. The smallest absolute Gasteiger partial charge is 0.326 e. The normalized spacial score (nSPS) is 22.5. The first kappa shape index (κ1) is 16.8. The molecular formula is C15H14F3N3O2S. The second kappa shape index (κ2) is 6.46. The first-order valence-corrected chi connectivity index (χ1v) is 8.21. The highest BCUT2D eigenvalue weighted by Crippen LogP contribution is 2.31. The monoisotopic (exact) mass is 357 g/mol. The van der Waals surface area contributed by atoms with Crippen LogP contribution in [0, 0.1) is 0 Å². The van der Waals surface area contributed by atoms with Gasteiger partial charge in [0.2, 0.25) is 11.8 Å². The Morgan fingerprint density at radius 2 is 2.12 bits per heavy atom. The number of benzene rings is 1. The molecule has 1 aliphatic heterocycles. The molecule has 1 aromatic rings. The van der Waals surface area contributed by atoms with Crippen LogP contribution in [0.5, 0.6) is 0 Å². The fourth-order valence-electron chi connectivity index (χ4n) is 2.12. The van der Waals surface area contributed by atoms with Crippen LogP contribution in [0.4, 0.5) is 18.9 Å². The van der Waals surface area contributed by atoms with E-state index in [2.05, 4.69) is 15.6 Å². The minimum Gasteiger partial charge on any atom is -0.326 e. The van der Waals surface area contributed by atoms with E-state index in [4.69, 9.17) is 0 Å². The molecule has 1 saturated heterocycles. The second-order valence-corrected chi connectivity index (χ2v) is 6.78. The van der Waals surface area contributed by atoms with E-state index in [1.165, 1.54) is 23.9 Å². The molecule has 128 valence electrons. The van der Waals surface area contributed by atoms with Crippen LogP contribution < -0.4 is 10.6 Å². The summed E-state index contributed by atoms with van der Waals surface area (Å²) in [5, 5.41) is 4.91. The Balaban J connectivity index is 1.59. The molecule has 9 heteroatoms. The zero-order chi connectivity index (χ0) is 17.3. The molecule has 1 heterocycles. The van der Waals surface area contributed by atoms with Crippen molar-refractivity contribution in [2.24, 2.45) is 4.99 Å². The number of aliphatic imine (C=N–C) groups is 1. The van der Waals surface area contributed by atoms with Crippen molar-refractivity contribution >= 4 is 34.4 Å². The SMILES string of the molecule is O=C(C[C@@H]1SC(=NC2CC2)NC1=O)Nc1cccc(C(F)(F)F)c1. The van der Waals surface area contributed by atoms with Crippen LogP contribution in [0.25, 0.3) is 0 Å². The van der Waals surface area contributed by atoms with Gasteiger partial charge in [0.15, 0.2) is 5.17 Å². The first-order chi connectivity index (χ1) is 11.3. The fraction of sp³-hybridized carbons (Fsp3) is 0.400. The minimum atomic E-state index is -4.48. The molecule has 2 aliphatic rings. The van der Waals surface area contributed by atoms with E-state index in [0.29, 0.717) is 5.17 Å². The topological polar surface area (TPSA) is 70.6 Å². The van der Waals surface area contributed by atoms with Gasteiger partial charge in [-0.25, -0.2) is 0 Å². The third kappa shape index (κ3) is 4.28. The molecule has 0 unspecified atom stereocenters. The van der Waals surface area contributed by atoms with E-state index >= 15 is 0 Å². The molecule has 24 heavy (non-hydrogen) atoms. The Morgan fingerprint density at radius 3 is 2.79 bits per heavy atom. The molecule has 1 saturated carbocycles. The Hall–Kier alpha value is -2.03. The van der Waals surface area contributed by atoms with E-state index in [1.807, 2.05) is 0 Å². The third-order valence-corrected chi connectivity index (χ3v) is 4.56. The highest BCUT2D eigenvalue weighted by molar-refractivity contribution is 8.15. The lowest BCUT2D eigenvalue weighted by Crippen LogP contribution is -2.28. The number of anilines is 1. The summed E-state index contributed by atoms with van der Waals surface area (Å²) in [6, 6.07) is 4.63. The summed E-state index contributed by atoms with van der Waals surface area (Å²) in [5.74, 6) is -0.826. The van der Waals surface area contributed by atoms with Gasteiger partial charge in [-0.3, -0.25) is 14.6 Å². The van der Waals surface area contributed by atoms with Crippen molar-refractivity contribution in [3.8, 4) is 0 Å². The molecule has 1 aromatic carbocycles. The molecular weight excluding hydrogens is 343 g/mol. The van der Waals surface area contributed by atoms with Gasteiger partial charge in [-0.2, -0.15) is 13.2 Å². The largest absolute Gasteiger partial charge is 0.416 e. The third-order valence-electron chi connectivity index (χ3n) is 3.47. The van der Waals surface area contributed by atoms with Gasteiger partial charge in [0, 0.05) is 12.1 Å². The summed E-state index contributed by atoms with van der Waals surface area (Å²) in [4.78, 5) is 28.1. The molecule has 3 rings (SSSR count). The summed E-state index contributed by atoms with van der Waals surface area (Å²) in [6.45, 7) is 0. The van der Waals surface area contributed by atoms with Gasteiger partial charge in [0.25, 0.3) is 0 Å². The van der Waals surface area contributed by atoms with Crippen LogP contribution in [0.3, 0.4) is 0 Å². The molecule has 5 nitrogen and oxygen atoms in total. The number of hydrogen-bond acceptors (Lipinski definition) is 4. The molecule has 1 atom stereocenters. The van der Waals surface area contributed by atoms with Gasteiger partial charge < -0.3 is 10.6 Å². The van der Waals surface area contributed by atoms with Crippen LogP contribution in [-0.2, 0) is 15.8 Å². The molecule has 0 radical (unpaired) electrons. The molecule has 1 aliphatic carbocycles. The first-order valence-electron chi connectivity index (χ1n) is 7.34. The zero-order valence-electron chi connectivity index (χ0n) is 12.4. The van der Waals surface area contributed by atoms with Gasteiger partial charge in [-0.05, 0) is 31.0 Å². The van der Waals surface area contributed by atoms with E-state index in [9.17, 15) is 22.8 Å². The van der Waals surface area contributed by atoms with Crippen molar-refractivity contribution in [2.45, 2.75) is 36.7 Å². The van der Waals surface area contributed by atoms with Gasteiger partial charge in [0.05, 0.1) is 11.6 Å². The second-order valence-electron chi connectivity index (χ2n) is 5.59. The number of amidine groups is 1. The van der Waals surface area contributed by atoms with Crippen LogP contribution in [0.2, 0.25) is 0 Å². The van der Waals surface area contributed by atoms with Crippen LogP contribution >= 0.6 is 11.8 Å². The summed E-state index contributed by atoms with van der Waals surface area (Å²) in [6.07, 6.45) is -2.60. The van der Waals surface area contributed by atoms with Crippen molar-refractivity contribution in [3.63, 3.8) is 0 Å². The van der Waals surface area contributed by atoms with E-state index < -0.39 is 22.9 Å². The van der Waals surface area contributed by atoms with Crippen molar-refractivity contribution in [1.82, 2.24) is 5.32 Å². The summed E-state index contributed by atoms with van der Waals surface area (Å²) in [5.41, 5.74) is -0.794. The maximum absolute atomic E-state index is 12.7. The van der Waals surface area contributed by atoms with Gasteiger partial charge in [-0.15, -0.1) is 0 Å². The Bertz CT molecular complexity index is 701. The highest BCUT2D eigenvalue weighted by Gasteiger charge is 2.34. The average Bonchev–Trinajstić information content (AvgIpc) is 3.23. The van der Waals surface area contributed by atoms with Crippen molar-refractivity contribution in [1.29, 1.82) is 0 Å². The molecule has 0 aromatic heterocycles. The maximum atomic E-state index is 12.7. The van der Waals surface area contributed by atoms with Gasteiger partial charge in [0.1, 0.15) is 5.25 Å².